The Bertz CT molecular complexity index is 1150. The molecule has 2 aromatic carbocycles. The van der Waals surface area contributed by atoms with Crippen LogP contribution in [0, 0.1) is 33.8 Å². The van der Waals surface area contributed by atoms with Gasteiger partial charge in [0.2, 0.25) is 11.8 Å². The van der Waals surface area contributed by atoms with Gasteiger partial charge in [-0.2, -0.15) is 0 Å². The monoisotopic (exact) mass is 414 g/mol. The van der Waals surface area contributed by atoms with Crippen LogP contribution in [-0.4, -0.2) is 22.5 Å². The van der Waals surface area contributed by atoms with E-state index < -0.39 is 4.92 Å². The van der Waals surface area contributed by atoms with Gasteiger partial charge < -0.3 is 0 Å². The fourth-order valence-electron chi connectivity index (χ4n) is 4.94. The molecule has 2 fully saturated rings. The predicted molar refractivity (Wildman–Crippen MR) is 113 cm³/mol. The van der Waals surface area contributed by atoms with Crippen molar-refractivity contribution in [3.63, 3.8) is 0 Å². The molecule has 4 unspecified atom stereocenters. The van der Waals surface area contributed by atoms with Crippen LogP contribution in [0.5, 0.6) is 0 Å². The van der Waals surface area contributed by atoms with Crippen LogP contribution < -0.4 is 4.90 Å². The highest BCUT2D eigenvalue weighted by Gasteiger charge is 2.59. The summed E-state index contributed by atoms with van der Waals surface area (Å²) in [5.41, 5.74) is 1.36. The fraction of sp³-hybridized carbons (Fsp3) is 0.208. The van der Waals surface area contributed by atoms with E-state index in [2.05, 4.69) is 12.2 Å². The Hall–Kier alpha value is -3.87. The van der Waals surface area contributed by atoms with Crippen molar-refractivity contribution in [2.24, 2.45) is 23.7 Å². The van der Waals surface area contributed by atoms with Crippen molar-refractivity contribution in [2.45, 2.75) is 6.42 Å². The number of fused-ring (bicyclic) bond motifs is 5. The van der Waals surface area contributed by atoms with Gasteiger partial charge >= 0.3 is 0 Å². The van der Waals surface area contributed by atoms with Crippen molar-refractivity contribution < 1.29 is 19.3 Å². The number of rotatable bonds is 5. The van der Waals surface area contributed by atoms with Gasteiger partial charge in [0, 0.05) is 17.7 Å². The van der Waals surface area contributed by atoms with Crippen molar-refractivity contribution in [3.8, 4) is 0 Å². The van der Waals surface area contributed by atoms with Crippen LogP contribution in [0.3, 0.4) is 0 Å². The average molecular weight is 414 g/mol. The molecule has 1 heterocycles. The third-order valence-corrected chi connectivity index (χ3v) is 6.39. The quantitative estimate of drug-likeness (QED) is 0.185. The number of ketones is 1. The minimum absolute atomic E-state index is 0.0488. The summed E-state index contributed by atoms with van der Waals surface area (Å²) >= 11 is 0. The van der Waals surface area contributed by atoms with Crippen LogP contribution >= 0.6 is 0 Å². The van der Waals surface area contributed by atoms with Gasteiger partial charge in [-0.1, -0.05) is 30.4 Å². The third kappa shape index (κ3) is 3.09. The SMILES string of the molecule is O=C(/C=C/c1cccc([N+](=O)[O-])c1)c1ccc(N2C(=O)C3C4C=CC(C4)C3C2=O)cc1. The Labute approximate surface area is 177 Å². The van der Waals surface area contributed by atoms with Crippen LogP contribution in [0.4, 0.5) is 11.4 Å². The van der Waals surface area contributed by atoms with Gasteiger partial charge in [0.25, 0.3) is 5.69 Å². The summed E-state index contributed by atoms with van der Waals surface area (Å²) < 4.78 is 0. The van der Waals surface area contributed by atoms with Crippen LogP contribution in [0.2, 0.25) is 0 Å². The maximum Gasteiger partial charge on any atom is 0.270 e. The molecule has 0 radical (unpaired) electrons. The third-order valence-electron chi connectivity index (χ3n) is 6.39. The maximum absolute atomic E-state index is 12.9. The number of non-ortho nitro benzene ring substituents is 1. The number of carbonyl (C=O) groups is 3. The second-order valence-electron chi connectivity index (χ2n) is 8.11. The maximum atomic E-state index is 12.9. The van der Waals surface area contributed by atoms with Crippen LogP contribution in [0.25, 0.3) is 6.08 Å². The summed E-state index contributed by atoms with van der Waals surface area (Å²) in [4.78, 5) is 49.9. The van der Waals surface area contributed by atoms with Crippen LogP contribution in [-0.2, 0) is 9.59 Å². The molecule has 1 saturated heterocycles. The molecule has 0 spiro atoms. The summed E-state index contributed by atoms with van der Waals surface area (Å²) in [5, 5.41) is 10.9. The van der Waals surface area contributed by atoms with Crippen LogP contribution in [0.15, 0.2) is 66.8 Å². The summed E-state index contributed by atoms with van der Waals surface area (Å²) in [5.74, 6) is -0.819. The smallest absolute Gasteiger partial charge is 0.270 e. The van der Waals surface area contributed by atoms with Gasteiger partial charge in [-0.15, -0.1) is 0 Å². The van der Waals surface area contributed by atoms with Gasteiger partial charge in [-0.25, -0.2) is 0 Å². The van der Waals surface area contributed by atoms with Crippen molar-refractivity contribution in [2.75, 3.05) is 4.90 Å². The first-order chi connectivity index (χ1) is 14.9. The normalized spacial score (nSPS) is 26.1. The molecule has 1 saturated carbocycles. The number of hydrogen-bond acceptors (Lipinski definition) is 5. The van der Waals surface area contributed by atoms with E-state index in [0.717, 1.165) is 6.42 Å². The lowest BCUT2D eigenvalue weighted by atomic mass is 9.85. The Balaban J connectivity index is 1.32. The Morgan fingerprint density at radius 1 is 1.00 bits per heavy atom. The zero-order valence-electron chi connectivity index (χ0n) is 16.4. The molecule has 154 valence electrons. The number of benzene rings is 2. The number of allylic oxidation sites excluding steroid dienone is 3. The Morgan fingerprint density at radius 2 is 1.65 bits per heavy atom. The lowest BCUT2D eigenvalue weighted by Gasteiger charge is -2.17. The summed E-state index contributed by atoms with van der Waals surface area (Å²) in [6.07, 6.45) is 7.84. The van der Waals surface area contributed by atoms with Crippen LogP contribution in [0.1, 0.15) is 22.3 Å². The summed E-state index contributed by atoms with van der Waals surface area (Å²) in [6, 6.07) is 12.4. The minimum Gasteiger partial charge on any atom is -0.289 e. The van der Waals surface area contributed by atoms with E-state index in [1.54, 1.807) is 36.4 Å². The first-order valence-corrected chi connectivity index (χ1v) is 10.1. The van der Waals surface area contributed by atoms with E-state index in [1.807, 2.05) is 0 Å². The highest BCUT2D eigenvalue weighted by atomic mass is 16.6. The molecule has 1 aliphatic heterocycles. The topological polar surface area (TPSA) is 97.6 Å². The molecule has 2 bridgehead atoms. The van der Waals surface area contributed by atoms with Crippen molar-refractivity contribution in [1.29, 1.82) is 0 Å². The summed E-state index contributed by atoms with van der Waals surface area (Å²) in [6.45, 7) is 0. The molecule has 0 aromatic heterocycles. The molecule has 31 heavy (non-hydrogen) atoms. The summed E-state index contributed by atoms with van der Waals surface area (Å²) in [7, 11) is 0. The molecular weight excluding hydrogens is 396 g/mol. The molecule has 3 aliphatic rings. The Kier molecular flexibility index (Phi) is 4.39. The number of nitro groups is 1. The number of anilines is 1. The van der Waals surface area contributed by atoms with Gasteiger partial charge in [-0.3, -0.25) is 29.4 Å². The largest absolute Gasteiger partial charge is 0.289 e. The molecule has 0 N–H and O–H groups in total. The number of nitrogens with zero attached hydrogens (tertiary/aromatic N) is 2. The number of amides is 2. The van der Waals surface area contributed by atoms with Crippen molar-refractivity contribution in [3.05, 3.63) is 88.0 Å². The molecular formula is C24H18N2O5. The molecule has 2 amide bonds. The predicted octanol–water partition coefficient (Wildman–Crippen LogP) is 3.80. The van der Waals surface area contributed by atoms with Crippen molar-refractivity contribution in [1.82, 2.24) is 0 Å². The first-order valence-electron chi connectivity index (χ1n) is 10.1. The average Bonchev–Trinajstić information content (AvgIpc) is 3.46. The van der Waals surface area contributed by atoms with Gasteiger partial charge in [0.05, 0.1) is 22.4 Å². The first kappa shape index (κ1) is 19.1. The standard InChI is InChI=1S/C24H18N2O5/c27-20(11-4-14-2-1-3-19(12-14)26(30)31)15-7-9-18(10-8-15)25-23(28)21-16-5-6-17(13-16)22(21)24(25)29/h1-12,16-17,21-22H,13H2/b11-4+. The fourth-order valence-corrected chi connectivity index (χ4v) is 4.94. The number of nitro benzene ring substituents is 1. The molecule has 4 atom stereocenters. The van der Waals surface area contributed by atoms with Gasteiger partial charge in [0.15, 0.2) is 5.78 Å². The zero-order chi connectivity index (χ0) is 21.7. The zero-order valence-corrected chi connectivity index (χ0v) is 16.4. The van der Waals surface area contributed by atoms with E-state index >= 15 is 0 Å². The highest BCUT2D eigenvalue weighted by Crippen LogP contribution is 2.53. The lowest BCUT2D eigenvalue weighted by molar-refractivity contribution is -0.384. The molecule has 7 heteroatoms. The Morgan fingerprint density at radius 3 is 2.26 bits per heavy atom. The number of hydrogen-bond donors (Lipinski definition) is 0. The minimum atomic E-state index is -0.492. The molecule has 2 aromatic rings. The second kappa shape index (κ2) is 7.12. The van der Waals surface area contributed by atoms with E-state index in [1.165, 1.54) is 29.2 Å². The van der Waals surface area contributed by atoms with E-state index in [4.69, 9.17) is 0 Å². The van der Waals surface area contributed by atoms with Gasteiger partial charge in [-0.05, 0) is 54.2 Å². The highest BCUT2D eigenvalue weighted by molar-refractivity contribution is 6.23. The number of carbonyl (C=O) groups excluding carboxylic acids is 3. The second-order valence-corrected chi connectivity index (χ2v) is 8.11. The lowest BCUT2D eigenvalue weighted by Crippen LogP contribution is -2.32. The molecule has 2 aliphatic carbocycles. The van der Waals surface area contributed by atoms with Gasteiger partial charge in [0.1, 0.15) is 0 Å². The molecule has 7 nitrogen and oxygen atoms in total. The molecule has 5 rings (SSSR count). The van der Waals surface area contributed by atoms with Crippen molar-refractivity contribution >= 4 is 35.0 Å². The van der Waals surface area contributed by atoms with E-state index in [9.17, 15) is 24.5 Å². The van der Waals surface area contributed by atoms with E-state index in [-0.39, 0.29) is 47.0 Å². The van der Waals surface area contributed by atoms with E-state index in [0.29, 0.717) is 16.8 Å². The number of imide groups is 1.